The number of hydrogen-bond donors (Lipinski definition) is 4. The number of anilines is 2. The highest BCUT2D eigenvalue weighted by molar-refractivity contribution is 6.05. The van der Waals surface area contributed by atoms with E-state index in [1.165, 1.54) is 12.1 Å². The molecule has 3 aromatic rings. The number of nitrogens with two attached hydrogens (primary N) is 2. The molecule has 4 rings (SSSR count). The highest BCUT2D eigenvalue weighted by Crippen LogP contribution is 2.37. The first-order valence-electron chi connectivity index (χ1n) is 8.92. The fourth-order valence-corrected chi connectivity index (χ4v) is 3.89. The molecule has 28 heavy (non-hydrogen) atoms. The van der Waals surface area contributed by atoms with Crippen LogP contribution in [-0.4, -0.2) is 41.2 Å². The third kappa shape index (κ3) is 2.65. The molecule has 0 radical (unpaired) electrons. The van der Waals surface area contributed by atoms with Crippen LogP contribution in [0.3, 0.4) is 0 Å². The summed E-state index contributed by atoms with van der Waals surface area (Å²) >= 11 is 0. The molecule has 1 aliphatic heterocycles. The highest BCUT2D eigenvalue weighted by Gasteiger charge is 2.28. The Bertz CT molecular complexity index is 1180. The van der Waals surface area contributed by atoms with Gasteiger partial charge in [0.05, 0.1) is 16.7 Å². The van der Waals surface area contributed by atoms with Crippen LogP contribution in [0.5, 0.6) is 0 Å². The Balaban J connectivity index is 2.07. The van der Waals surface area contributed by atoms with E-state index in [0.29, 0.717) is 28.1 Å². The molecule has 0 saturated carbocycles. The van der Waals surface area contributed by atoms with Gasteiger partial charge in [0, 0.05) is 42.0 Å². The molecule has 144 valence electrons. The number of nitrogens with zero attached hydrogens (tertiary/aromatic N) is 2. The van der Waals surface area contributed by atoms with Crippen LogP contribution >= 0.6 is 0 Å². The number of hydrogen-bond acceptors (Lipinski definition) is 6. The first kappa shape index (κ1) is 18.1. The Morgan fingerprint density at radius 2 is 2.04 bits per heavy atom. The van der Waals surface area contributed by atoms with Gasteiger partial charge in [0.15, 0.2) is 0 Å². The molecule has 0 bridgehead atoms. The zero-order chi connectivity index (χ0) is 20.2. The maximum Gasteiger partial charge on any atom is 0.272 e. The first-order valence-corrected chi connectivity index (χ1v) is 8.92. The van der Waals surface area contributed by atoms with E-state index in [9.17, 15) is 9.18 Å². The van der Waals surface area contributed by atoms with Crippen LogP contribution in [0.25, 0.3) is 22.2 Å². The number of nitrogen functional groups attached to an aromatic ring is 2. The Morgan fingerprint density at radius 1 is 1.32 bits per heavy atom. The van der Waals surface area contributed by atoms with Gasteiger partial charge in [-0.3, -0.25) is 4.79 Å². The summed E-state index contributed by atoms with van der Waals surface area (Å²) in [7, 11) is 2.05. The van der Waals surface area contributed by atoms with Crippen LogP contribution < -0.4 is 17.0 Å². The maximum atomic E-state index is 13.9. The average molecular weight is 380 g/mol. The molecule has 3 heterocycles. The molecule has 7 nitrogen and oxygen atoms in total. The molecule has 1 fully saturated rings. The Kier molecular flexibility index (Phi) is 4.15. The molecule has 0 spiro atoms. The number of aromatic amines is 1. The van der Waals surface area contributed by atoms with Gasteiger partial charge in [-0.1, -0.05) is 6.07 Å². The van der Waals surface area contributed by atoms with E-state index in [-0.39, 0.29) is 16.9 Å². The molecular weight excluding hydrogens is 359 g/mol. The van der Waals surface area contributed by atoms with E-state index in [1.54, 1.807) is 0 Å². The van der Waals surface area contributed by atoms with Crippen LogP contribution in [0, 0.1) is 18.2 Å². The lowest BCUT2D eigenvalue weighted by Gasteiger charge is -2.36. The lowest BCUT2D eigenvalue weighted by Crippen LogP contribution is -2.42. The topological polar surface area (TPSA) is 125 Å². The zero-order valence-corrected chi connectivity index (χ0v) is 15.6. The van der Waals surface area contributed by atoms with Crippen molar-refractivity contribution in [2.45, 2.75) is 12.8 Å². The van der Waals surface area contributed by atoms with Gasteiger partial charge in [-0.25, -0.2) is 9.37 Å². The van der Waals surface area contributed by atoms with Gasteiger partial charge in [-0.15, -0.1) is 0 Å². The lowest BCUT2D eigenvalue weighted by atomic mass is 9.91. The maximum absolute atomic E-state index is 13.9. The fraction of sp³-hybridized carbons (Fsp3) is 0.250. The minimum atomic E-state index is -0.628. The van der Waals surface area contributed by atoms with E-state index >= 15 is 0 Å². The van der Waals surface area contributed by atoms with Crippen molar-refractivity contribution in [1.29, 1.82) is 5.41 Å². The second-order valence-electron chi connectivity index (χ2n) is 7.31. The Labute approximate surface area is 160 Å². The van der Waals surface area contributed by atoms with Crippen LogP contribution in [0.15, 0.2) is 23.0 Å². The molecule has 0 atom stereocenters. The summed E-state index contributed by atoms with van der Waals surface area (Å²) in [5.74, 6) is -0.326. The van der Waals surface area contributed by atoms with Crippen molar-refractivity contribution < 1.29 is 4.39 Å². The molecule has 1 saturated heterocycles. The second-order valence-corrected chi connectivity index (χ2v) is 7.31. The quantitative estimate of drug-likeness (QED) is 0.410. The monoisotopic (exact) mass is 380 g/mol. The van der Waals surface area contributed by atoms with Gasteiger partial charge < -0.3 is 26.8 Å². The second kappa shape index (κ2) is 6.42. The van der Waals surface area contributed by atoms with E-state index in [1.807, 2.05) is 20.0 Å². The number of likely N-dealkylation sites (tertiary alicyclic amines) is 1. The minimum Gasteiger partial charge on any atom is -0.396 e. The summed E-state index contributed by atoms with van der Waals surface area (Å²) in [4.78, 5) is 22.3. The zero-order valence-electron chi connectivity index (χ0n) is 15.6. The van der Waals surface area contributed by atoms with E-state index in [4.69, 9.17) is 21.9 Å². The van der Waals surface area contributed by atoms with Crippen LogP contribution in [-0.2, 0) is 0 Å². The van der Waals surface area contributed by atoms with Gasteiger partial charge >= 0.3 is 0 Å². The van der Waals surface area contributed by atoms with Gasteiger partial charge in [0.25, 0.3) is 5.56 Å². The van der Waals surface area contributed by atoms with E-state index < -0.39 is 11.4 Å². The molecule has 0 amide bonds. The summed E-state index contributed by atoms with van der Waals surface area (Å²) in [6.45, 7) is 3.78. The molecule has 8 heteroatoms. The fourth-order valence-electron chi connectivity index (χ4n) is 3.89. The van der Waals surface area contributed by atoms with Crippen LogP contribution in [0.4, 0.5) is 15.8 Å². The van der Waals surface area contributed by atoms with Gasteiger partial charge in [-0.05, 0) is 37.2 Å². The van der Waals surface area contributed by atoms with Gasteiger partial charge in [0.2, 0.25) is 0 Å². The van der Waals surface area contributed by atoms with Crippen molar-refractivity contribution in [3.8, 4) is 11.1 Å². The molecule has 0 unspecified atom stereocenters. The third-order valence-electron chi connectivity index (χ3n) is 5.35. The van der Waals surface area contributed by atoms with E-state index in [2.05, 4.69) is 9.88 Å². The van der Waals surface area contributed by atoms with Crippen LogP contribution in [0.2, 0.25) is 0 Å². The molecule has 2 aromatic heterocycles. The summed E-state index contributed by atoms with van der Waals surface area (Å²) in [6.07, 6.45) is 0.968. The lowest BCUT2D eigenvalue weighted by molar-refractivity contribution is 0.186. The Morgan fingerprint density at radius 3 is 2.68 bits per heavy atom. The third-order valence-corrected chi connectivity index (χ3v) is 5.35. The number of likely N-dealkylation sites (N-methyl/N-ethyl adjacent to an activating group) is 1. The first-order chi connectivity index (χ1) is 13.3. The number of aryl methyl sites for hydroxylation is 1. The number of benzene rings is 1. The highest BCUT2D eigenvalue weighted by atomic mass is 19.1. The number of rotatable bonds is 3. The van der Waals surface area contributed by atoms with Crippen molar-refractivity contribution >= 4 is 28.6 Å². The minimum absolute atomic E-state index is 0.0327. The molecule has 1 aromatic carbocycles. The summed E-state index contributed by atoms with van der Waals surface area (Å²) in [5, 5.41) is 7.68. The van der Waals surface area contributed by atoms with Gasteiger partial charge in [0.1, 0.15) is 11.5 Å². The van der Waals surface area contributed by atoms with Crippen molar-refractivity contribution in [1.82, 2.24) is 14.9 Å². The number of pyridine rings is 2. The summed E-state index contributed by atoms with van der Waals surface area (Å²) in [5.41, 5.74) is 15.3. The SMILES string of the molecule is Cc1cc2[nH]c(=O)c(N)c(-c3ccc(F)c(N)c3C=N)c2nc1C1CN(C)C1. The number of fused-ring (bicyclic) bond motifs is 1. The Hall–Kier alpha value is -3.26. The standard InChI is InChI=1S/C20H21FN6O/c1-9-5-14-19(26-18(9)10-7-27(2)8-10)15(17(24)20(28)25-14)11-3-4-13(21)16(23)12(11)6-22/h3-6,10,22H,7-8,23-24H2,1-2H3,(H,25,28). The van der Waals surface area contributed by atoms with Crippen LogP contribution in [0.1, 0.15) is 22.7 Å². The number of halogens is 1. The summed E-state index contributed by atoms with van der Waals surface area (Å²) in [6, 6.07) is 4.58. The summed E-state index contributed by atoms with van der Waals surface area (Å²) < 4.78 is 13.9. The predicted molar refractivity (Wildman–Crippen MR) is 109 cm³/mol. The van der Waals surface area contributed by atoms with Crippen molar-refractivity contribution in [2.24, 2.45) is 0 Å². The predicted octanol–water partition coefficient (Wildman–Crippen LogP) is 2.23. The van der Waals surface area contributed by atoms with Gasteiger partial charge in [-0.2, -0.15) is 0 Å². The van der Waals surface area contributed by atoms with Crippen molar-refractivity contribution in [3.63, 3.8) is 0 Å². The molecule has 1 aliphatic rings. The van der Waals surface area contributed by atoms with Crippen molar-refractivity contribution in [3.05, 3.63) is 51.2 Å². The molecular formula is C20H21FN6O. The average Bonchev–Trinajstić information content (AvgIpc) is 2.63. The number of nitrogens with one attached hydrogen (secondary N) is 2. The molecule has 6 N–H and O–H groups in total. The van der Waals surface area contributed by atoms with Crippen molar-refractivity contribution in [2.75, 3.05) is 31.6 Å². The smallest absolute Gasteiger partial charge is 0.272 e. The number of H-pyrrole nitrogens is 1. The largest absolute Gasteiger partial charge is 0.396 e. The molecule has 0 aliphatic carbocycles. The van der Waals surface area contributed by atoms with E-state index in [0.717, 1.165) is 30.6 Å². The number of aromatic nitrogens is 2. The normalized spacial score (nSPS) is 15.0.